The summed E-state index contributed by atoms with van der Waals surface area (Å²) in [6, 6.07) is 4.83. The highest BCUT2D eigenvalue weighted by Gasteiger charge is 2.38. The van der Waals surface area contributed by atoms with Crippen LogP contribution in [-0.4, -0.2) is 39.9 Å². The molecule has 3 N–H and O–H groups in total. The van der Waals surface area contributed by atoms with Gasteiger partial charge in [-0.15, -0.1) is 0 Å². The number of benzene rings is 1. The van der Waals surface area contributed by atoms with E-state index in [2.05, 4.69) is 10.3 Å². The minimum Gasteiger partial charge on any atom is -0.475 e. The van der Waals surface area contributed by atoms with Crippen LogP contribution < -0.4 is 11.0 Å². The molecule has 0 spiro atoms. The van der Waals surface area contributed by atoms with E-state index in [1.54, 1.807) is 16.7 Å². The number of aromatic amines is 1. The first-order valence-electron chi connectivity index (χ1n) is 7.11. The zero-order valence-electron chi connectivity index (χ0n) is 12.4. The third-order valence-electron chi connectivity index (χ3n) is 3.60. The molecule has 0 aliphatic carbocycles. The van der Waals surface area contributed by atoms with Crippen molar-refractivity contribution in [2.45, 2.75) is 25.1 Å². The number of halogens is 4. The second-order valence-electron chi connectivity index (χ2n) is 5.22. The summed E-state index contributed by atoms with van der Waals surface area (Å²) in [6.07, 6.45) is -3.36. The van der Waals surface area contributed by atoms with E-state index in [0.717, 1.165) is 25.9 Å². The number of alkyl halides is 3. The molecular weight excluding hydrogens is 334 g/mol. The van der Waals surface area contributed by atoms with Gasteiger partial charge >= 0.3 is 17.8 Å². The van der Waals surface area contributed by atoms with Crippen LogP contribution in [0.4, 0.5) is 17.6 Å². The minimum atomic E-state index is -5.08. The fourth-order valence-corrected chi connectivity index (χ4v) is 2.55. The Hall–Kier alpha value is -2.36. The lowest BCUT2D eigenvalue weighted by atomic mass is 10.1. The average Bonchev–Trinajstić information content (AvgIpc) is 2.85. The molecule has 0 bridgehead atoms. The molecule has 2 heterocycles. The number of fused-ring (bicyclic) bond motifs is 1. The summed E-state index contributed by atoms with van der Waals surface area (Å²) in [7, 11) is 0. The molecule has 0 saturated carbocycles. The van der Waals surface area contributed by atoms with E-state index in [4.69, 9.17) is 9.90 Å². The zero-order chi connectivity index (χ0) is 17.9. The standard InChI is InChI=1S/C12H14FN3O.C2HF3O2/c13-9-2-1-3-10-11(9)16(12(17)15-10)8-4-6-14-7-5-8;3-2(4,5)1(6)7/h1-3,8,14H,4-7H2,(H,15,17);(H,6,7). The Balaban J connectivity index is 0.000000256. The highest BCUT2D eigenvalue weighted by Crippen LogP contribution is 2.23. The Kier molecular flexibility index (Phi) is 5.27. The quantitative estimate of drug-likeness (QED) is 0.688. The van der Waals surface area contributed by atoms with Crippen LogP contribution in [0.2, 0.25) is 0 Å². The second kappa shape index (κ2) is 7.04. The van der Waals surface area contributed by atoms with E-state index in [1.807, 2.05) is 0 Å². The molecule has 0 amide bonds. The Morgan fingerprint density at radius 2 is 1.83 bits per heavy atom. The number of imidazole rings is 1. The number of hydrogen-bond acceptors (Lipinski definition) is 3. The number of aromatic nitrogens is 2. The molecule has 1 aromatic carbocycles. The van der Waals surface area contributed by atoms with Crippen molar-refractivity contribution in [3.63, 3.8) is 0 Å². The normalized spacial score (nSPS) is 15.8. The summed E-state index contributed by atoms with van der Waals surface area (Å²) >= 11 is 0. The van der Waals surface area contributed by atoms with E-state index in [0.29, 0.717) is 11.0 Å². The van der Waals surface area contributed by atoms with E-state index in [9.17, 15) is 22.4 Å². The number of rotatable bonds is 1. The van der Waals surface area contributed by atoms with Gasteiger partial charge in [-0.2, -0.15) is 13.2 Å². The first-order chi connectivity index (χ1) is 11.2. The molecule has 1 aliphatic heterocycles. The lowest BCUT2D eigenvalue weighted by molar-refractivity contribution is -0.192. The first-order valence-corrected chi connectivity index (χ1v) is 7.11. The summed E-state index contributed by atoms with van der Waals surface area (Å²) in [5.74, 6) is -3.09. The summed E-state index contributed by atoms with van der Waals surface area (Å²) in [5, 5.41) is 10.4. The van der Waals surface area contributed by atoms with Gasteiger partial charge < -0.3 is 15.4 Å². The van der Waals surface area contributed by atoms with Gasteiger partial charge in [0.25, 0.3) is 0 Å². The van der Waals surface area contributed by atoms with Crippen molar-refractivity contribution in [2.24, 2.45) is 0 Å². The van der Waals surface area contributed by atoms with E-state index in [-0.39, 0.29) is 17.5 Å². The Morgan fingerprint density at radius 3 is 2.38 bits per heavy atom. The van der Waals surface area contributed by atoms with Crippen molar-refractivity contribution in [3.05, 3.63) is 34.5 Å². The average molecular weight is 349 g/mol. The van der Waals surface area contributed by atoms with E-state index >= 15 is 0 Å². The van der Waals surface area contributed by atoms with Crippen LogP contribution in [0, 0.1) is 5.82 Å². The number of para-hydroxylation sites is 1. The summed E-state index contributed by atoms with van der Waals surface area (Å²) in [4.78, 5) is 23.5. The van der Waals surface area contributed by atoms with Crippen LogP contribution in [-0.2, 0) is 4.79 Å². The maximum atomic E-state index is 13.8. The highest BCUT2D eigenvalue weighted by atomic mass is 19.4. The molecule has 24 heavy (non-hydrogen) atoms. The first kappa shape index (κ1) is 18.0. The number of H-pyrrole nitrogens is 1. The van der Waals surface area contributed by atoms with Gasteiger partial charge in [0.1, 0.15) is 11.3 Å². The lowest BCUT2D eigenvalue weighted by Gasteiger charge is -2.23. The largest absolute Gasteiger partial charge is 0.490 e. The molecule has 1 fully saturated rings. The molecule has 10 heteroatoms. The third kappa shape index (κ3) is 3.94. The Labute approximate surface area is 133 Å². The molecule has 1 aromatic heterocycles. The van der Waals surface area contributed by atoms with Gasteiger partial charge in [0.2, 0.25) is 0 Å². The fraction of sp³-hybridized carbons (Fsp3) is 0.429. The number of nitrogens with zero attached hydrogens (tertiary/aromatic N) is 1. The molecular formula is C14H15F4N3O3. The lowest BCUT2D eigenvalue weighted by Crippen LogP contribution is -2.33. The van der Waals surface area contributed by atoms with E-state index in [1.165, 1.54) is 6.07 Å². The monoisotopic (exact) mass is 349 g/mol. The highest BCUT2D eigenvalue weighted by molar-refractivity contribution is 5.76. The zero-order valence-corrected chi connectivity index (χ0v) is 12.4. The van der Waals surface area contributed by atoms with Crippen molar-refractivity contribution >= 4 is 17.0 Å². The predicted octanol–water partition coefficient (Wildman–Crippen LogP) is 2.03. The van der Waals surface area contributed by atoms with Gasteiger partial charge in [0, 0.05) is 6.04 Å². The van der Waals surface area contributed by atoms with E-state index < -0.39 is 12.1 Å². The molecule has 1 saturated heterocycles. The number of nitrogens with one attached hydrogen (secondary N) is 2. The van der Waals surface area contributed by atoms with Gasteiger partial charge in [0.15, 0.2) is 0 Å². The van der Waals surface area contributed by atoms with Crippen LogP contribution in [0.5, 0.6) is 0 Å². The fourth-order valence-electron chi connectivity index (χ4n) is 2.55. The molecule has 6 nitrogen and oxygen atoms in total. The van der Waals surface area contributed by atoms with Crippen molar-refractivity contribution in [3.8, 4) is 0 Å². The van der Waals surface area contributed by atoms with Crippen LogP contribution in [0.3, 0.4) is 0 Å². The van der Waals surface area contributed by atoms with Crippen LogP contribution >= 0.6 is 0 Å². The Morgan fingerprint density at radius 1 is 1.25 bits per heavy atom. The molecule has 1 aliphatic rings. The maximum absolute atomic E-state index is 13.8. The molecule has 2 aromatic rings. The van der Waals surface area contributed by atoms with Crippen molar-refractivity contribution in [1.82, 2.24) is 14.9 Å². The van der Waals surface area contributed by atoms with Crippen LogP contribution in [0.25, 0.3) is 11.0 Å². The predicted molar refractivity (Wildman–Crippen MR) is 77.3 cm³/mol. The number of piperidine rings is 1. The molecule has 3 rings (SSSR count). The Bertz CT molecular complexity index is 776. The van der Waals surface area contributed by atoms with Crippen LogP contribution in [0.1, 0.15) is 18.9 Å². The van der Waals surface area contributed by atoms with Crippen molar-refractivity contribution in [2.75, 3.05) is 13.1 Å². The number of carbonyl (C=O) groups is 1. The molecule has 0 radical (unpaired) electrons. The summed E-state index contributed by atoms with van der Waals surface area (Å²) in [6.45, 7) is 1.75. The smallest absolute Gasteiger partial charge is 0.475 e. The van der Waals surface area contributed by atoms with Crippen molar-refractivity contribution < 1.29 is 27.5 Å². The van der Waals surface area contributed by atoms with Gasteiger partial charge in [0.05, 0.1) is 5.52 Å². The van der Waals surface area contributed by atoms with Crippen molar-refractivity contribution in [1.29, 1.82) is 0 Å². The molecule has 0 unspecified atom stereocenters. The number of carboxylic acid groups (broad SMARTS) is 1. The summed E-state index contributed by atoms with van der Waals surface area (Å²) < 4.78 is 47.1. The molecule has 132 valence electrons. The number of aliphatic carboxylic acids is 1. The molecule has 0 atom stereocenters. The summed E-state index contributed by atoms with van der Waals surface area (Å²) in [5.41, 5.74) is 0.773. The number of carboxylic acids is 1. The number of hydrogen-bond donors (Lipinski definition) is 3. The van der Waals surface area contributed by atoms with Gasteiger partial charge in [-0.3, -0.25) is 4.57 Å². The minimum absolute atomic E-state index is 0.0920. The SMILES string of the molecule is O=C(O)C(F)(F)F.O=c1[nH]c2cccc(F)c2n1C1CCNCC1. The van der Waals surface area contributed by atoms with Gasteiger partial charge in [-0.05, 0) is 38.1 Å². The third-order valence-corrected chi connectivity index (χ3v) is 3.60. The maximum Gasteiger partial charge on any atom is 0.490 e. The van der Waals surface area contributed by atoms with Crippen LogP contribution in [0.15, 0.2) is 23.0 Å². The van der Waals surface area contributed by atoms with Gasteiger partial charge in [-0.1, -0.05) is 6.07 Å². The topological polar surface area (TPSA) is 87.1 Å². The van der Waals surface area contributed by atoms with Gasteiger partial charge in [-0.25, -0.2) is 14.0 Å². The second-order valence-corrected chi connectivity index (χ2v) is 5.22.